The van der Waals surface area contributed by atoms with Crippen LogP contribution in [0.5, 0.6) is 0 Å². The number of halogens is 2. The Morgan fingerprint density at radius 2 is 1.63 bits per heavy atom. The number of aryl methyl sites for hydroxylation is 1. The molecule has 0 aliphatic carbocycles. The number of hydrogen-bond acceptors (Lipinski definition) is 1. The van der Waals surface area contributed by atoms with Crippen LogP contribution >= 0.6 is 23.2 Å². The van der Waals surface area contributed by atoms with Gasteiger partial charge in [0, 0.05) is 28.9 Å². The van der Waals surface area contributed by atoms with Crippen molar-refractivity contribution >= 4 is 35.1 Å². The summed E-state index contributed by atoms with van der Waals surface area (Å²) in [4.78, 5) is 4.54. The molecule has 2 aromatic carbocycles. The third-order valence-electron chi connectivity index (χ3n) is 4.74. The number of benzene rings is 2. The van der Waals surface area contributed by atoms with Crippen LogP contribution in [0, 0.1) is 13.8 Å². The average molecular weight is 399 g/mol. The summed E-state index contributed by atoms with van der Waals surface area (Å²) < 4.78 is 2.24. The first kappa shape index (κ1) is 19.7. The monoisotopic (exact) mass is 398 g/mol. The van der Waals surface area contributed by atoms with E-state index in [1.54, 1.807) is 6.07 Å². The maximum absolute atomic E-state index is 6.23. The third-order valence-corrected chi connectivity index (χ3v) is 5.54. The van der Waals surface area contributed by atoms with E-state index in [4.69, 9.17) is 23.2 Å². The highest BCUT2D eigenvalue weighted by Crippen LogP contribution is 2.32. The first-order valence-electron chi connectivity index (χ1n) is 8.96. The molecule has 3 aromatic rings. The standard InChI is InChI=1S/C23H24Cl2N2/c1-15-13-17(14-26-21-8-6-7-20(24)22(21)25)16(2)27(15)19-11-9-18(10-12-19)23(3,4)5/h6-14H,1-5H3. The Kier molecular flexibility index (Phi) is 5.50. The van der Waals surface area contributed by atoms with Crippen LogP contribution in [-0.2, 0) is 5.41 Å². The normalized spacial score (nSPS) is 12.1. The molecule has 3 rings (SSSR count). The van der Waals surface area contributed by atoms with E-state index in [1.807, 2.05) is 18.3 Å². The van der Waals surface area contributed by atoms with Crippen molar-refractivity contribution in [2.45, 2.75) is 40.0 Å². The summed E-state index contributed by atoms with van der Waals surface area (Å²) in [6.45, 7) is 10.9. The summed E-state index contributed by atoms with van der Waals surface area (Å²) in [7, 11) is 0. The Labute approximate surface area is 171 Å². The van der Waals surface area contributed by atoms with Gasteiger partial charge in [-0.2, -0.15) is 0 Å². The number of aliphatic imine (C=N–C) groups is 1. The Morgan fingerprint density at radius 3 is 2.26 bits per heavy atom. The van der Waals surface area contributed by atoms with Crippen molar-refractivity contribution in [3.8, 4) is 5.69 Å². The van der Waals surface area contributed by atoms with Gasteiger partial charge in [0.15, 0.2) is 0 Å². The van der Waals surface area contributed by atoms with Gasteiger partial charge in [-0.1, -0.05) is 62.2 Å². The highest BCUT2D eigenvalue weighted by atomic mass is 35.5. The predicted octanol–water partition coefficient (Wildman–Crippen LogP) is 7.45. The van der Waals surface area contributed by atoms with Crippen molar-refractivity contribution in [2.75, 3.05) is 0 Å². The number of rotatable bonds is 3. The lowest BCUT2D eigenvalue weighted by atomic mass is 9.87. The van der Waals surface area contributed by atoms with Crippen molar-refractivity contribution in [3.63, 3.8) is 0 Å². The third kappa shape index (κ3) is 4.12. The van der Waals surface area contributed by atoms with Crippen molar-refractivity contribution in [3.05, 3.63) is 81.1 Å². The maximum Gasteiger partial charge on any atom is 0.0848 e. The topological polar surface area (TPSA) is 17.3 Å². The lowest BCUT2D eigenvalue weighted by Crippen LogP contribution is -2.11. The summed E-state index contributed by atoms with van der Waals surface area (Å²) in [6.07, 6.45) is 1.85. The molecule has 0 N–H and O–H groups in total. The Balaban J connectivity index is 1.95. The minimum atomic E-state index is 0.146. The molecule has 0 saturated carbocycles. The van der Waals surface area contributed by atoms with E-state index >= 15 is 0 Å². The van der Waals surface area contributed by atoms with Gasteiger partial charge in [-0.25, -0.2) is 0 Å². The molecule has 1 aromatic heterocycles. The molecule has 4 heteroatoms. The molecular formula is C23H24Cl2N2. The predicted molar refractivity (Wildman–Crippen MR) is 118 cm³/mol. The molecule has 2 nitrogen and oxygen atoms in total. The minimum Gasteiger partial charge on any atom is -0.318 e. The second kappa shape index (κ2) is 7.53. The lowest BCUT2D eigenvalue weighted by molar-refractivity contribution is 0.590. The molecular weight excluding hydrogens is 375 g/mol. The van der Waals surface area contributed by atoms with Crippen molar-refractivity contribution in [1.29, 1.82) is 0 Å². The van der Waals surface area contributed by atoms with Gasteiger partial charge in [0.25, 0.3) is 0 Å². The van der Waals surface area contributed by atoms with Crippen LogP contribution in [-0.4, -0.2) is 10.8 Å². The second-order valence-electron chi connectivity index (χ2n) is 7.79. The van der Waals surface area contributed by atoms with Crippen LogP contribution in [0.25, 0.3) is 5.69 Å². The molecule has 0 saturated heterocycles. The largest absolute Gasteiger partial charge is 0.318 e. The van der Waals surface area contributed by atoms with Crippen LogP contribution in [0.2, 0.25) is 10.0 Å². The Morgan fingerprint density at radius 1 is 0.963 bits per heavy atom. The van der Waals surface area contributed by atoms with Crippen LogP contribution in [0.1, 0.15) is 43.3 Å². The summed E-state index contributed by atoms with van der Waals surface area (Å²) in [5.74, 6) is 0. The fourth-order valence-electron chi connectivity index (χ4n) is 3.16. The quantitative estimate of drug-likeness (QED) is 0.407. The molecule has 0 aliphatic heterocycles. The zero-order chi connectivity index (χ0) is 19.8. The van der Waals surface area contributed by atoms with Crippen molar-refractivity contribution in [1.82, 2.24) is 4.57 Å². The van der Waals surface area contributed by atoms with Gasteiger partial charge < -0.3 is 4.57 Å². The highest BCUT2D eigenvalue weighted by molar-refractivity contribution is 6.43. The van der Waals surface area contributed by atoms with E-state index in [0.29, 0.717) is 15.7 Å². The SMILES string of the molecule is Cc1cc(C=Nc2cccc(Cl)c2Cl)c(C)n1-c1ccc(C(C)(C)C)cc1. The minimum absolute atomic E-state index is 0.146. The number of nitrogens with zero attached hydrogens (tertiary/aromatic N) is 2. The van der Waals surface area contributed by atoms with E-state index in [9.17, 15) is 0 Å². The van der Waals surface area contributed by atoms with Gasteiger partial charge in [0.1, 0.15) is 0 Å². The van der Waals surface area contributed by atoms with E-state index in [-0.39, 0.29) is 5.41 Å². The summed E-state index contributed by atoms with van der Waals surface area (Å²) in [6, 6.07) is 16.4. The fourth-order valence-corrected chi connectivity index (χ4v) is 3.50. The molecule has 0 unspecified atom stereocenters. The zero-order valence-corrected chi connectivity index (χ0v) is 17.9. The van der Waals surface area contributed by atoms with Gasteiger partial charge in [0.05, 0.1) is 15.7 Å². The van der Waals surface area contributed by atoms with Gasteiger partial charge in [-0.15, -0.1) is 0 Å². The molecule has 0 aliphatic rings. The Bertz CT molecular complexity index is 990. The maximum atomic E-state index is 6.23. The fraction of sp³-hybridized carbons (Fsp3) is 0.261. The zero-order valence-electron chi connectivity index (χ0n) is 16.3. The van der Waals surface area contributed by atoms with E-state index in [1.165, 1.54) is 5.56 Å². The molecule has 1 heterocycles. The average Bonchev–Trinajstić information content (AvgIpc) is 2.89. The summed E-state index contributed by atoms with van der Waals surface area (Å²) in [5, 5.41) is 0.984. The summed E-state index contributed by atoms with van der Waals surface area (Å²) >= 11 is 12.3. The smallest absolute Gasteiger partial charge is 0.0848 e. The van der Waals surface area contributed by atoms with Gasteiger partial charge in [-0.05, 0) is 55.2 Å². The van der Waals surface area contributed by atoms with E-state index in [2.05, 4.69) is 74.5 Å². The van der Waals surface area contributed by atoms with Gasteiger partial charge >= 0.3 is 0 Å². The van der Waals surface area contributed by atoms with Crippen LogP contribution in [0.4, 0.5) is 5.69 Å². The van der Waals surface area contributed by atoms with E-state index in [0.717, 1.165) is 22.6 Å². The molecule has 0 atom stereocenters. The van der Waals surface area contributed by atoms with Crippen molar-refractivity contribution in [2.24, 2.45) is 4.99 Å². The Hall–Kier alpha value is -2.03. The molecule has 27 heavy (non-hydrogen) atoms. The van der Waals surface area contributed by atoms with Gasteiger partial charge in [-0.3, -0.25) is 4.99 Å². The molecule has 0 spiro atoms. The van der Waals surface area contributed by atoms with Crippen molar-refractivity contribution < 1.29 is 0 Å². The highest BCUT2D eigenvalue weighted by Gasteiger charge is 2.14. The molecule has 140 valence electrons. The first-order chi connectivity index (χ1) is 12.7. The number of hydrogen-bond donors (Lipinski definition) is 0. The molecule has 0 amide bonds. The van der Waals surface area contributed by atoms with Crippen LogP contribution in [0.3, 0.4) is 0 Å². The second-order valence-corrected chi connectivity index (χ2v) is 8.58. The van der Waals surface area contributed by atoms with Crippen LogP contribution < -0.4 is 0 Å². The van der Waals surface area contributed by atoms with E-state index < -0.39 is 0 Å². The summed E-state index contributed by atoms with van der Waals surface area (Å²) in [5.41, 5.74) is 6.65. The lowest BCUT2D eigenvalue weighted by Gasteiger charge is -2.20. The molecule has 0 fully saturated rings. The number of aromatic nitrogens is 1. The van der Waals surface area contributed by atoms with Crippen LogP contribution in [0.15, 0.2) is 53.5 Å². The molecule has 0 bridgehead atoms. The van der Waals surface area contributed by atoms with Gasteiger partial charge in [0.2, 0.25) is 0 Å². The molecule has 0 radical (unpaired) electrons. The first-order valence-corrected chi connectivity index (χ1v) is 9.72.